The Balaban J connectivity index is 2.37. The van der Waals surface area contributed by atoms with E-state index in [-0.39, 0.29) is 12.4 Å². The smallest absolute Gasteiger partial charge is 0.384 e. The zero-order valence-electron chi connectivity index (χ0n) is 9.69. The van der Waals surface area contributed by atoms with Gasteiger partial charge in [0.05, 0.1) is 12.1 Å². The molecule has 0 spiro atoms. The standard InChI is InChI=1S/C12H10F3N3O/c13-12(14,15)9-1-2-11(19)18(7-9)6-8-3-4-17-10(16)5-8/h1-5,7H,6H2,(H2,16,17). The molecule has 2 N–H and O–H groups in total. The average molecular weight is 269 g/mol. The van der Waals surface area contributed by atoms with Gasteiger partial charge in [-0.1, -0.05) is 0 Å². The molecule has 2 aromatic rings. The number of nitrogens with two attached hydrogens (primary N) is 1. The maximum atomic E-state index is 12.6. The van der Waals surface area contributed by atoms with Gasteiger partial charge in [-0.15, -0.1) is 0 Å². The molecule has 0 aliphatic rings. The Morgan fingerprint density at radius 2 is 2.00 bits per heavy atom. The van der Waals surface area contributed by atoms with Gasteiger partial charge in [0.1, 0.15) is 5.82 Å². The highest BCUT2D eigenvalue weighted by Crippen LogP contribution is 2.28. The molecule has 0 amide bonds. The number of anilines is 1. The second kappa shape index (κ2) is 4.75. The van der Waals surface area contributed by atoms with Gasteiger partial charge in [0.2, 0.25) is 0 Å². The molecule has 0 radical (unpaired) electrons. The summed E-state index contributed by atoms with van der Waals surface area (Å²) in [6.45, 7) is 0.00940. The van der Waals surface area contributed by atoms with Gasteiger partial charge in [-0.25, -0.2) is 4.98 Å². The van der Waals surface area contributed by atoms with E-state index < -0.39 is 17.3 Å². The number of alkyl halides is 3. The summed E-state index contributed by atoms with van der Waals surface area (Å²) in [6.07, 6.45) is -2.25. The van der Waals surface area contributed by atoms with Crippen molar-refractivity contribution in [3.05, 3.63) is 58.1 Å². The Bertz CT molecular complexity index is 649. The predicted molar refractivity (Wildman–Crippen MR) is 63.5 cm³/mol. The minimum atomic E-state index is -4.48. The number of halogens is 3. The molecule has 2 rings (SSSR count). The molecule has 0 saturated carbocycles. The van der Waals surface area contributed by atoms with Crippen LogP contribution in [0.25, 0.3) is 0 Å². The third kappa shape index (κ3) is 3.12. The number of pyridine rings is 2. The summed E-state index contributed by atoms with van der Waals surface area (Å²) in [5.74, 6) is 0.248. The summed E-state index contributed by atoms with van der Waals surface area (Å²) in [5.41, 5.74) is 4.70. The molecule has 0 bridgehead atoms. The Morgan fingerprint density at radius 1 is 1.26 bits per heavy atom. The van der Waals surface area contributed by atoms with E-state index in [0.29, 0.717) is 5.56 Å². The van der Waals surface area contributed by atoms with Crippen LogP contribution in [0.3, 0.4) is 0 Å². The van der Waals surface area contributed by atoms with Gasteiger partial charge in [0.25, 0.3) is 5.56 Å². The summed E-state index contributed by atoms with van der Waals surface area (Å²) in [4.78, 5) is 15.3. The molecule has 100 valence electrons. The van der Waals surface area contributed by atoms with Gasteiger partial charge in [0, 0.05) is 18.5 Å². The number of nitrogen functional groups attached to an aromatic ring is 1. The zero-order chi connectivity index (χ0) is 14.0. The monoisotopic (exact) mass is 269 g/mol. The van der Waals surface area contributed by atoms with Crippen molar-refractivity contribution in [3.63, 3.8) is 0 Å². The van der Waals surface area contributed by atoms with Crippen LogP contribution >= 0.6 is 0 Å². The summed E-state index contributed by atoms with van der Waals surface area (Å²) in [5, 5.41) is 0. The van der Waals surface area contributed by atoms with E-state index in [1.165, 1.54) is 12.3 Å². The minimum absolute atomic E-state index is 0.00940. The summed E-state index contributed by atoms with van der Waals surface area (Å²) in [7, 11) is 0. The van der Waals surface area contributed by atoms with Crippen molar-refractivity contribution in [2.24, 2.45) is 0 Å². The highest BCUT2D eigenvalue weighted by atomic mass is 19.4. The predicted octanol–water partition coefficient (Wildman–Crippen LogP) is 1.89. The second-order valence-corrected chi connectivity index (χ2v) is 3.97. The normalized spacial score (nSPS) is 11.5. The second-order valence-electron chi connectivity index (χ2n) is 3.97. The van der Waals surface area contributed by atoms with Gasteiger partial charge in [-0.2, -0.15) is 13.2 Å². The number of nitrogens with zero attached hydrogens (tertiary/aromatic N) is 2. The molecule has 0 saturated heterocycles. The maximum Gasteiger partial charge on any atom is 0.417 e. The first-order valence-electron chi connectivity index (χ1n) is 5.34. The first kappa shape index (κ1) is 13.1. The van der Waals surface area contributed by atoms with Crippen LogP contribution in [0, 0.1) is 0 Å². The first-order chi connectivity index (χ1) is 8.86. The molecule has 0 aliphatic heterocycles. The zero-order valence-corrected chi connectivity index (χ0v) is 9.69. The van der Waals surface area contributed by atoms with Crippen molar-refractivity contribution in [3.8, 4) is 0 Å². The number of hydrogen-bond acceptors (Lipinski definition) is 3. The van der Waals surface area contributed by atoms with E-state index >= 15 is 0 Å². The van der Waals surface area contributed by atoms with E-state index in [4.69, 9.17) is 5.73 Å². The van der Waals surface area contributed by atoms with E-state index in [0.717, 1.165) is 22.9 Å². The van der Waals surface area contributed by atoms with Crippen LogP contribution in [0.15, 0.2) is 41.5 Å². The van der Waals surface area contributed by atoms with Crippen molar-refractivity contribution in [2.75, 3.05) is 5.73 Å². The molecular formula is C12H10F3N3O. The molecule has 0 fully saturated rings. The molecule has 19 heavy (non-hydrogen) atoms. The highest BCUT2D eigenvalue weighted by molar-refractivity contribution is 5.32. The van der Waals surface area contributed by atoms with Crippen LogP contribution in [-0.2, 0) is 12.7 Å². The largest absolute Gasteiger partial charge is 0.417 e. The fourth-order valence-electron chi connectivity index (χ4n) is 1.61. The Morgan fingerprint density at radius 3 is 2.63 bits per heavy atom. The van der Waals surface area contributed by atoms with Crippen LogP contribution in [0.4, 0.5) is 19.0 Å². The van der Waals surface area contributed by atoms with Crippen molar-refractivity contribution < 1.29 is 13.2 Å². The summed E-state index contributed by atoms with van der Waals surface area (Å²) < 4.78 is 38.7. The van der Waals surface area contributed by atoms with E-state index in [1.54, 1.807) is 6.07 Å². The molecule has 0 unspecified atom stereocenters. The SMILES string of the molecule is Nc1cc(Cn2cc(C(F)(F)F)ccc2=O)ccn1. The van der Waals surface area contributed by atoms with Crippen LogP contribution < -0.4 is 11.3 Å². The lowest BCUT2D eigenvalue weighted by Gasteiger charge is -2.10. The highest BCUT2D eigenvalue weighted by Gasteiger charge is 2.30. The molecule has 0 atom stereocenters. The lowest BCUT2D eigenvalue weighted by Crippen LogP contribution is -2.22. The van der Waals surface area contributed by atoms with Crippen LogP contribution in [-0.4, -0.2) is 9.55 Å². The van der Waals surface area contributed by atoms with Crippen molar-refractivity contribution in [1.82, 2.24) is 9.55 Å². The fraction of sp³-hybridized carbons (Fsp3) is 0.167. The Labute approximate surface area is 106 Å². The van der Waals surface area contributed by atoms with Gasteiger partial charge >= 0.3 is 6.18 Å². The van der Waals surface area contributed by atoms with Gasteiger partial charge in [0.15, 0.2) is 0 Å². The summed E-state index contributed by atoms with van der Waals surface area (Å²) in [6, 6.07) is 4.75. The molecule has 7 heteroatoms. The first-order valence-corrected chi connectivity index (χ1v) is 5.34. The lowest BCUT2D eigenvalue weighted by atomic mass is 10.2. The number of rotatable bonds is 2. The topological polar surface area (TPSA) is 60.9 Å². The van der Waals surface area contributed by atoms with E-state index in [9.17, 15) is 18.0 Å². The van der Waals surface area contributed by atoms with E-state index in [2.05, 4.69) is 4.98 Å². The van der Waals surface area contributed by atoms with Crippen molar-refractivity contribution in [2.45, 2.75) is 12.7 Å². The third-order valence-corrected chi connectivity index (χ3v) is 2.51. The molecule has 2 aromatic heterocycles. The molecular weight excluding hydrogens is 259 g/mol. The molecule has 0 aliphatic carbocycles. The van der Waals surface area contributed by atoms with E-state index in [1.807, 2.05) is 0 Å². The Hall–Kier alpha value is -2.31. The fourth-order valence-corrected chi connectivity index (χ4v) is 1.61. The Kier molecular flexibility index (Phi) is 3.28. The quantitative estimate of drug-likeness (QED) is 0.905. The molecule has 2 heterocycles. The van der Waals surface area contributed by atoms with Gasteiger partial charge in [-0.05, 0) is 23.8 Å². The number of hydrogen-bond donors (Lipinski definition) is 1. The minimum Gasteiger partial charge on any atom is -0.384 e. The van der Waals surface area contributed by atoms with Crippen LogP contribution in [0.2, 0.25) is 0 Å². The average Bonchev–Trinajstić information content (AvgIpc) is 2.30. The lowest BCUT2D eigenvalue weighted by molar-refractivity contribution is -0.138. The number of aromatic nitrogens is 2. The third-order valence-electron chi connectivity index (χ3n) is 2.51. The van der Waals surface area contributed by atoms with Crippen molar-refractivity contribution in [1.29, 1.82) is 0 Å². The molecule has 4 nitrogen and oxygen atoms in total. The molecule has 0 aromatic carbocycles. The maximum absolute atomic E-state index is 12.6. The van der Waals surface area contributed by atoms with Gasteiger partial charge in [-0.3, -0.25) is 4.79 Å². The summed E-state index contributed by atoms with van der Waals surface area (Å²) >= 11 is 0. The van der Waals surface area contributed by atoms with Crippen molar-refractivity contribution >= 4 is 5.82 Å². The van der Waals surface area contributed by atoms with Gasteiger partial charge < -0.3 is 10.3 Å². The van der Waals surface area contributed by atoms with Crippen LogP contribution in [0.5, 0.6) is 0 Å². The van der Waals surface area contributed by atoms with Crippen LogP contribution in [0.1, 0.15) is 11.1 Å².